The zero-order chi connectivity index (χ0) is 15.7. The zero-order valence-electron chi connectivity index (χ0n) is 12.0. The van der Waals surface area contributed by atoms with Crippen LogP contribution >= 0.6 is 11.6 Å². The largest absolute Gasteiger partial charge is 0.481 e. The Labute approximate surface area is 134 Å². The first-order chi connectivity index (χ1) is 10.6. The van der Waals surface area contributed by atoms with Crippen molar-refractivity contribution in [2.75, 3.05) is 6.54 Å². The van der Waals surface area contributed by atoms with Gasteiger partial charge in [-0.15, -0.1) is 0 Å². The predicted octanol–water partition coefficient (Wildman–Crippen LogP) is 2.52. The zero-order valence-corrected chi connectivity index (χ0v) is 12.8. The highest BCUT2D eigenvalue weighted by Gasteiger charge is 2.51. The first-order valence-electron chi connectivity index (χ1n) is 7.49. The average Bonchev–Trinajstić information content (AvgIpc) is 3.09. The second-order valence-electron chi connectivity index (χ2n) is 6.01. The summed E-state index contributed by atoms with van der Waals surface area (Å²) in [4.78, 5) is 23.8. The van der Waals surface area contributed by atoms with E-state index in [0.29, 0.717) is 18.0 Å². The van der Waals surface area contributed by atoms with E-state index >= 15 is 0 Å². The third kappa shape index (κ3) is 2.88. The summed E-state index contributed by atoms with van der Waals surface area (Å²) >= 11 is 5.83. The molecule has 0 saturated heterocycles. The number of hydrogen-bond donors (Lipinski definition) is 2. The summed E-state index contributed by atoms with van der Waals surface area (Å²) in [5.74, 6) is -1.94. The fourth-order valence-electron chi connectivity index (χ4n) is 3.62. The van der Waals surface area contributed by atoms with Gasteiger partial charge in [0.05, 0.1) is 11.8 Å². The third-order valence-corrected chi connectivity index (χ3v) is 4.93. The molecule has 0 heterocycles. The molecule has 0 spiro atoms. The average molecular weight is 320 g/mol. The predicted molar refractivity (Wildman–Crippen MR) is 83.5 cm³/mol. The van der Waals surface area contributed by atoms with Crippen molar-refractivity contribution in [3.05, 3.63) is 47.0 Å². The molecule has 4 atom stereocenters. The Kier molecular flexibility index (Phi) is 4.21. The van der Waals surface area contributed by atoms with Crippen LogP contribution in [-0.2, 0) is 16.0 Å². The Morgan fingerprint density at radius 3 is 2.41 bits per heavy atom. The third-order valence-electron chi connectivity index (χ3n) is 4.67. The van der Waals surface area contributed by atoms with Crippen LogP contribution in [0, 0.1) is 23.7 Å². The molecule has 0 aliphatic heterocycles. The minimum Gasteiger partial charge on any atom is -0.481 e. The van der Waals surface area contributed by atoms with Gasteiger partial charge < -0.3 is 10.4 Å². The van der Waals surface area contributed by atoms with Gasteiger partial charge in [-0.05, 0) is 42.4 Å². The Morgan fingerprint density at radius 1 is 1.14 bits per heavy atom. The maximum Gasteiger partial charge on any atom is 0.307 e. The van der Waals surface area contributed by atoms with Gasteiger partial charge in [0, 0.05) is 11.6 Å². The minimum absolute atomic E-state index is 0.00881. The lowest BCUT2D eigenvalue weighted by Crippen LogP contribution is -2.40. The Hall–Kier alpha value is -1.81. The van der Waals surface area contributed by atoms with Crippen LogP contribution < -0.4 is 5.32 Å². The van der Waals surface area contributed by atoms with Gasteiger partial charge in [0.15, 0.2) is 0 Å². The molecule has 1 fully saturated rings. The van der Waals surface area contributed by atoms with Crippen molar-refractivity contribution in [2.24, 2.45) is 23.7 Å². The van der Waals surface area contributed by atoms with E-state index in [-0.39, 0.29) is 17.7 Å². The molecule has 2 aliphatic carbocycles. The Balaban J connectivity index is 1.56. The van der Waals surface area contributed by atoms with Gasteiger partial charge in [-0.25, -0.2) is 0 Å². The molecule has 22 heavy (non-hydrogen) atoms. The minimum atomic E-state index is -0.866. The molecule has 1 amide bonds. The number of amides is 1. The summed E-state index contributed by atoms with van der Waals surface area (Å²) in [7, 11) is 0. The van der Waals surface area contributed by atoms with Gasteiger partial charge in [0.2, 0.25) is 5.91 Å². The number of carboxylic acids is 1. The summed E-state index contributed by atoms with van der Waals surface area (Å²) < 4.78 is 0. The summed E-state index contributed by atoms with van der Waals surface area (Å²) in [6.45, 7) is 0.504. The molecule has 0 unspecified atom stereocenters. The second-order valence-corrected chi connectivity index (χ2v) is 6.44. The molecule has 4 nitrogen and oxygen atoms in total. The maximum atomic E-state index is 12.4. The normalized spacial score (nSPS) is 28.8. The fourth-order valence-corrected chi connectivity index (χ4v) is 3.74. The molecule has 2 bridgehead atoms. The first-order valence-corrected chi connectivity index (χ1v) is 7.87. The fraction of sp³-hybridized carbons (Fsp3) is 0.412. The van der Waals surface area contributed by atoms with Crippen LogP contribution in [0.1, 0.15) is 12.0 Å². The topological polar surface area (TPSA) is 66.4 Å². The van der Waals surface area contributed by atoms with Crippen LogP contribution in [0.2, 0.25) is 5.02 Å². The van der Waals surface area contributed by atoms with Gasteiger partial charge in [-0.3, -0.25) is 9.59 Å². The number of fused-ring (bicyclic) bond motifs is 2. The molecular weight excluding hydrogens is 302 g/mol. The van der Waals surface area contributed by atoms with E-state index in [2.05, 4.69) is 5.32 Å². The molecular formula is C17H18ClNO3. The number of carboxylic acid groups (broad SMARTS) is 1. The van der Waals surface area contributed by atoms with E-state index in [9.17, 15) is 14.7 Å². The van der Waals surface area contributed by atoms with E-state index in [4.69, 9.17) is 11.6 Å². The highest BCUT2D eigenvalue weighted by molar-refractivity contribution is 6.30. The molecule has 2 N–H and O–H groups in total. The number of carbonyl (C=O) groups excluding carboxylic acids is 1. The van der Waals surface area contributed by atoms with E-state index in [1.165, 1.54) is 0 Å². The van der Waals surface area contributed by atoms with Crippen molar-refractivity contribution >= 4 is 23.5 Å². The summed E-state index contributed by atoms with van der Waals surface area (Å²) in [5, 5.41) is 12.9. The van der Waals surface area contributed by atoms with Crippen LogP contribution in [0.3, 0.4) is 0 Å². The first kappa shape index (κ1) is 15.1. The summed E-state index contributed by atoms with van der Waals surface area (Å²) in [5.41, 5.74) is 1.09. The standard InChI is InChI=1S/C17H18ClNO3/c18-13-5-1-10(2-6-13)7-8-19-16(20)14-11-3-4-12(9-11)15(14)17(21)22/h1-6,11-12,14-15H,7-9H2,(H,19,20)(H,21,22)/t11-,12+,14+,15+/m0/s1. The molecule has 116 valence electrons. The number of benzene rings is 1. The lowest BCUT2D eigenvalue weighted by atomic mass is 9.82. The van der Waals surface area contributed by atoms with Crippen molar-refractivity contribution in [3.63, 3.8) is 0 Å². The smallest absolute Gasteiger partial charge is 0.307 e. The number of hydrogen-bond acceptors (Lipinski definition) is 2. The van der Waals surface area contributed by atoms with E-state index < -0.39 is 17.8 Å². The van der Waals surface area contributed by atoms with E-state index in [1.807, 2.05) is 36.4 Å². The lowest BCUT2D eigenvalue weighted by molar-refractivity contribution is -0.147. The molecule has 0 radical (unpaired) electrons. The van der Waals surface area contributed by atoms with Gasteiger partial charge >= 0.3 is 5.97 Å². The molecule has 1 aromatic carbocycles. The van der Waals surface area contributed by atoms with Crippen molar-refractivity contribution < 1.29 is 14.7 Å². The van der Waals surface area contributed by atoms with Crippen molar-refractivity contribution in [3.8, 4) is 0 Å². The maximum absolute atomic E-state index is 12.4. The van der Waals surface area contributed by atoms with Crippen LogP contribution in [0.4, 0.5) is 0 Å². The van der Waals surface area contributed by atoms with Crippen LogP contribution in [-0.4, -0.2) is 23.5 Å². The molecule has 0 aromatic heterocycles. The van der Waals surface area contributed by atoms with Gasteiger partial charge in [-0.2, -0.15) is 0 Å². The summed E-state index contributed by atoms with van der Waals surface area (Å²) in [6, 6.07) is 7.49. The molecule has 1 aromatic rings. The molecule has 2 aliphatic rings. The number of nitrogens with one attached hydrogen (secondary N) is 1. The molecule has 1 saturated carbocycles. The number of aliphatic carboxylic acids is 1. The van der Waals surface area contributed by atoms with Gasteiger partial charge in [-0.1, -0.05) is 35.9 Å². The van der Waals surface area contributed by atoms with Gasteiger partial charge in [0.1, 0.15) is 0 Å². The second kappa shape index (κ2) is 6.13. The van der Waals surface area contributed by atoms with Crippen molar-refractivity contribution in [2.45, 2.75) is 12.8 Å². The van der Waals surface area contributed by atoms with E-state index in [1.54, 1.807) is 0 Å². The van der Waals surface area contributed by atoms with Gasteiger partial charge in [0.25, 0.3) is 0 Å². The highest BCUT2D eigenvalue weighted by Crippen LogP contribution is 2.48. The van der Waals surface area contributed by atoms with Crippen LogP contribution in [0.15, 0.2) is 36.4 Å². The quantitative estimate of drug-likeness (QED) is 0.820. The molecule has 5 heteroatoms. The number of carbonyl (C=O) groups is 2. The number of halogens is 1. The van der Waals surface area contributed by atoms with Crippen molar-refractivity contribution in [1.29, 1.82) is 0 Å². The SMILES string of the molecule is O=C(O)[C@H]1[C@H](C(=O)NCCc2ccc(Cl)cc2)[C@H]2C=C[C@@H]1C2. The lowest BCUT2D eigenvalue weighted by Gasteiger charge is -2.23. The number of allylic oxidation sites excluding steroid dienone is 2. The highest BCUT2D eigenvalue weighted by atomic mass is 35.5. The number of rotatable bonds is 5. The summed E-state index contributed by atoms with van der Waals surface area (Å²) in [6.07, 6.45) is 5.43. The van der Waals surface area contributed by atoms with Crippen LogP contribution in [0.25, 0.3) is 0 Å². The van der Waals surface area contributed by atoms with Crippen LogP contribution in [0.5, 0.6) is 0 Å². The molecule has 3 rings (SSSR count). The Bertz CT molecular complexity index is 611. The monoisotopic (exact) mass is 319 g/mol. The van der Waals surface area contributed by atoms with E-state index in [0.717, 1.165) is 12.0 Å². The van der Waals surface area contributed by atoms with Crippen molar-refractivity contribution in [1.82, 2.24) is 5.32 Å². The Morgan fingerprint density at radius 2 is 1.77 bits per heavy atom.